The molecular formula is C14H9ClN2O3S. The molecule has 2 aromatic heterocycles. The third-order valence-corrected chi connectivity index (χ3v) is 4.09. The number of ether oxygens (including phenoxy) is 1. The Bertz CT molecular complexity index is 847. The minimum absolute atomic E-state index is 0.0130. The molecule has 0 amide bonds. The fourth-order valence-corrected chi connectivity index (χ4v) is 2.92. The number of nitrogens with zero attached hydrogens (tertiary/aromatic N) is 2. The number of aromatic nitrogens is 2. The van der Waals surface area contributed by atoms with Gasteiger partial charge in [-0.3, -0.25) is 0 Å². The number of thiophene rings is 1. The van der Waals surface area contributed by atoms with Crippen molar-refractivity contribution in [1.82, 2.24) is 9.97 Å². The van der Waals surface area contributed by atoms with Crippen molar-refractivity contribution in [2.24, 2.45) is 0 Å². The largest absolute Gasteiger partial charge is 0.478 e. The number of hydrogen-bond donors (Lipinski definition) is 1. The highest BCUT2D eigenvalue weighted by molar-refractivity contribution is 7.18. The average molecular weight is 321 g/mol. The fourth-order valence-electron chi connectivity index (χ4n) is 1.88. The number of hydrogen-bond acceptors (Lipinski definition) is 5. The van der Waals surface area contributed by atoms with Gasteiger partial charge in [0, 0.05) is 4.88 Å². The Labute approximate surface area is 128 Å². The molecule has 0 fully saturated rings. The maximum absolute atomic E-state index is 11.1. The lowest BCUT2D eigenvalue weighted by atomic mass is 10.2. The maximum atomic E-state index is 11.1. The predicted octanol–water partition coefficient (Wildman–Crippen LogP) is 4.14. The Morgan fingerprint density at radius 1 is 1.33 bits per heavy atom. The number of carboxylic acid groups (broad SMARTS) is 1. The third kappa shape index (κ3) is 2.68. The molecule has 0 atom stereocenters. The van der Waals surface area contributed by atoms with Crippen LogP contribution in [0.2, 0.25) is 5.02 Å². The van der Waals surface area contributed by atoms with Crippen LogP contribution < -0.4 is 4.74 Å². The summed E-state index contributed by atoms with van der Waals surface area (Å²) in [5.74, 6) is -0.353. The smallest absolute Gasteiger partial charge is 0.337 e. The zero-order valence-electron chi connectivity index (χ0n) is 10.8. The van der Waals surface area contributed by atoms with Crippen molar-refractivity contribution in [2.45, 2.75) is 6.92 Å². The molecule has 0 aliphatic rings. The number of rotatable bonds is 3. The van der Waals surface area contributed by atoms with Crippen molar-refractivity contribution >= 4 is 39.1 Å². The van der Waals surface area contributed by atoms with Crippen LogP contribution in [0.1, 0.15) is 15.2 Å². The van der Waals surface area contributed by atoms with E-state index < -0.39 is 5.97 Å². The van der Waals surface area contributed by atoms with Crippen molar-refractivity contribution in [3.05, 3.63) is 46.1 Å². The number of aryl methyl sites for hydroxylation is 1. The Kier molecular flexibility index (Phi) is 3.48. The summed E-state index contributed by atoms with van der Waals surface area (Å²) in [6, 6.07) is 6.39. The summed E-state index contributed by atoms with van der Waals surface area (Å²) < 4.78 is 5.68. The molecule has 0 saturated carbocycles. The zero-order chi connectivity index (χ0) is 15.0. The molecule has 1 N–H and O–H groups in total. The molecule has 0 bridgehead atoms. The van der Waals surface area contributed by atoms with Crippen LogP contribution in [-0.2, 0) is 0 Å². The van der Waals surface area contributed by atoms with E-state index in [9.17, 15) is 4.79 Å². The van der Waals surface area contributed by atoms with E-state index in [1.165, 1.54) is 18.5 Å². The van der Waals surface area contributed by atoms with E-state index in [0.29, 0.717) is 11.6 Å². The number of benzene rings is 1. The normalized spacial score (nSPS) is 10.8. The molecule has 3 aromatic rings. The van der Waals surface area contributed by atoms with Crippen molar-refractivity contribution in [3.63, 3.8) is 0 Å². The van der Waals surface area contributed by atoms with Crippen LogP contribution in [0.4, 0.5) is 0 Å². The van der Waals surface area contributed by atoms with Crippen LogP contribution >= 0.6 is 22.9 Å². The minimum Gasteiger partial charge on any atom is -0.478 e. The standard InChI is InChI=1S/C14H9ClN2O3S/c1-7-4-10-12(16-6-17-13(10)21-7)20-8-2-3-11(15)9(5-8)14(18)19/h2-6H,1H3,(H,18,19). The Hall–Kier alpha value is -2.18. The van der Waals surface area contributed by atoms with Crippen LogP contribution in [0.25, 0.3) is 10.2 Å². The first-order valence-corrected chi connectivity index (χ1v) is 7.16. The number of fused-ring (bicyclic) bond motifs is 1. The molecule has 106 valence electrons. The molecule has 2 heterocycles. The van der Waals surface area contributed by atoms with Gasteiger partial charge in [0.2, 0.25) is 5.88 Å². The second-order valence-corrected chi connectivity index (χ2v) is 5.95. The third-order valence-electron chi connectivity index (χ3n) is 2.80. The predicted molar refractivity (Wildman–Crippen MR) is 80.6 cm³/mol. The van der Waals surface area contributed by atoms with E-state index in [-0.39, 0.29) is 10.6 Å². The summed E-state index contributed by atoms with van der Waals surface area (Å²) >= 11 is 7.37. The fraction of sp³-hybridized carbons (Fsp3) is 0.0714. The summed E-state index contributed by atoms with van der Waals surface area (Å²) in [6.07, 6.45) is 1.42. The zero-order valence-corrected chi connectivity index (χ0v) is 12.4. The van der Waals surface area contributed by atoms with Gasteiger partial charge >= 0.3 is 5.97 Å². The van der Waals surface area contributed by atoms with Gasteiger partial charge in [0.25, 0.3) is 0 Å². The maximum Gasteiger partial charge on any atom is 0.337 e. The monoisotopic (exact) mass is 320 g/mol. The van der Waals surface area contributed by atoms with Crippen LogP contribution in [0.5, 0.6) is 11.6 Å². The highest BCUT2D eigenvalue weighted by Gasteiger charge is 2.13. The van der Waals surface area contributed by atoms with Gasteiger partial charge in [-0.25, -0.2) is 14.8 Å². The molecule has 0 unspecified atom stereocenters. The first-order valence-electron chi connectivity index (χ1n) is 5.96. The van der Waals surface area contributed by atoms with Crippen molar-refractivity contribution in [2.75, 3.05) is 0 Å². The lowest BCUT2D eigenvalue weighted by Crippen LogP contribution is -1.98. The van der Waals surface area contributed by atoms with Crippen molar-refractivity contribution in [1.29, 1.82) is 0 Å². The highest BCUT2D eigenvalue weighted by atomic mass is 35.5. The van der Waals surface area contributed by atoms with E-state index in [4.69, 9.17) is 21.4 Å². The van der Waals surface area contributed by atoms with Crippen LogP contribution in [0, 0.1) is 6.92 Å². The number of carboxylic acids is 1. The molecule has 0 radical (unpaired) electrons. The van der Waals surface area contributed by atoms with Gasteiger partial charge in [-0.2, -0.15) is 0 Å². The van der Waals surface area contributed by atoms with E-state index in [1.54, 1.807) is 17.4 Å². The van der Waals surface area contributed by atoms with Gasteiger partial charge in [-0.1, -0.05) is 11.6 Å². The molecular weight excluding hydrogens is 312 g/mol. The van der Waals surface area contributed by atoms with E-state index in [2.05, 4.69) is 9.97 Å². The van der Waals surface area contributed by atoms with Crippen LogP contribution in [-0.4, -0.2) is 21.0 Å². The van der Waals surface area contributed by atoms with Gasteiger partial charge in [-0.05, 0) is 31.2 Å². The van der Waals surface area contributed by atoms with Gasteiger partial charge in [0.05, 0.1) is 16.0 Å². The number of carbonyl (C=O) groups is 1. The SMILES string of the molecule is Cc1cc2c(Oc3ccc(Cl)c(C(=O)O)c3)ncnc2s1. The second kappa shape index (κ2) is 5.31. The van der Waals surface area contributed by atoms with Crippen LogP contribution in [0.15, 0.2) is 30.6 Å². The lowest BCUT2D eigenvalue weighted by Gasteiger charge is -2.07. The number of aromatic carboxylic acids is 1. The minimum atomic E-state index is -1.11. The Morgan fingerprint density at radius 2 is 2.14 bits per heavy atom. The van der Waals surface area contributed by atoms with Gasteiger partial charge in [0.15, 0.2) is 0 Å². The second-order valence-electron chi connectivity index (χ2n) is 4.30. The first-order chi connectivity index (χ1) is 10.0. The summed E-state index contributed by atoms with van der Waals surface area (Å²) in [7, 11) is 0. The molecule has 0 spiro atoms. The molecule has 1 aromatic carbocycles. The summed E-state index contributed by atoms with van der Waals surface area (Å²) in [5, 5.41) is 10.0. The van der Waals surface area contributed by atoms with Gasteiger partial charge in [-0.15, -0.1) is 11.3 Å². The van der Waals surface area contributed by atoms with Crippen molar-refractivity contribution < 1.29 is 14.6 Å². The van der Waals surface area contributed by atoms with Crippen molar-refractivity contribution in [3.8, 4) is 11.6 Å². The Morgan fingerprint density at radius 3 is 2.90 bits per heavy atom. The van der Waals surface area contributed by atoms with E-state index >= 15 is 0 Å². The molecule has 0 aliphatic carbocycles. The van der Waals surface area contributed by atoms with Gasteiger partial charge < -0.3 is 9.84 Å². The first kappa shape index (κ1) is 13.8. The molecule has 0 aliphatic heterocycles. The van der Waals surface area contributed by atoms with E-state index in [0.717, 1.165) is 15.1 Å². The van der Waals surface area contributed by atoms with Crippen LogP contribution in [0.3, 0.4) is 0 Å². The molecule has 5 nitrogen and oxygen atoms in total. The Balaban J connectivity index is 2.02. The summed E-state index contributed by atoms with van der Waals surface area (Å²) in [5.41, 5.74) is -0.0130. The van der Waals surface area contributed by atoms with Gasteiger partial charge in [0.1, 0.15) is 16.9 Å². The summed E-state index contributed by atoms with van der Waals surface area (Å²) in [6.45, 7) is 1.97. The topological polar surface area (TPSA) is 72.3 Å². The molecule has 7 heteroatoms. The molecule has 0 saturated heterocycles. The summed E-state index contributed by atoms with van der Waals surface area (Å²) in [4.78, 5) is 21.3. The molecule has 21 heavy (non-hydrogen) atoms. The quantitative estimate of drug-likeness (QED) is 0.785. The number of halogens is 1. The molecule has 3 rings (SSSR count). The lowest BCUT2D eigenvalue weighted by molar-refractivity contribution is 0.0696. The average Bonchev–Trinajstić information content (AvgIpc) is 2.82. The van der Waals surface area contributed by atoms with E-state index in [1.807, 2.05) is 13.0 Å². The highest BCUT2D eigenvalue weighted by Crippen LogP contribution is 2.32.